The maximum absolute atomic E-state index is 13.3. The summed E-state index contributed by atoms with van der Waals surface area (Å²) in [6.45, 7) is 14.1. The normalized spacial score (nSPS) is 19.9. The molecule has 1 aliphatic carbocycles. The number of rotatable bonds is 7. The quantitative estimate of drug-likeness (QED) is 0.481. The molecular weight excluding hydrogens is 396 g/mol. The van der Waals surface area contributed by atoms with Crippen LogP contribution in [0.4, 0.5) is 5.69 Å². The summed E-state index contributed by atoms with van der Waals surface area (Å²) in [4.78, 5) is 22.0. The first-order chi connectivity index (χ1) is 15.2. The molecule has 1 saturated carbocycles. The molecule has 0 aromatic heterocycles. The number of hydrogen-bond donors (Lipinski definition) is 0. The molecule has 1 heterocycles. The third-order valence-electron chi connectivity index (χ3n) is 7.02. The number of carbonyl (C=O) groups is 1. The Bertz CT molecular complexity index is 977. The van der Waals surface area contributed by atoms with Crippen LogP contribution in [0.3, 0.4) is 0 Å². The number of hydroxylamine groups is 2. The van der Waals surface area contributed by atoms with Gasteiger partial charge in [0, 0.05) is 18.3 Å². The van der Waals surface area contributed by atoms with Gasteiger partial charge < -0.3 is 9.74 Å². The standard InChI is InChI=1S/C28H38N2O2/c1-7-22-10-8-9-11-23(22)27(31)32-29(18-21-13-14-21)26-17-28(5,6)24-15-12-20(4)16-25(24)30(26)19(2)3/h8-12,15-16,19,21,26H,7,13-14,17-18H2,1-6H3. The number of hydrogen-bond acceptors (Lipinski definition) is 4. The third kappa shape index (κ3) is 4.56. The van der Waals surface area contributed by atoms with Crippen molar-refractivity contribution >= 4 is 11.7 Å². The van der Waals surface area contributed by atoms with Crippen LogP contribution in [0.5, 0.6) is 0 Å². The minimum absolute atomic E-state index is 0.00533. The highest BCUT2D eigenvalue weighted by Gasteiger charge is 2.44. The topological polar surface area (TPSA) is 32.8 Å². The van der Waals surface area contributed by atoms with E-state index in [0.717, 1.165) is 24.9 Å². The van der Waals surface area contributed by atoms with Crippen molar-refractivity contribution in [3.05, 3.63) is 64.7 Å². The van der Waals surface area contributed by atoms with Crippen molar-refractivity contribution in [1.82, 2.24) is 5.06 Å². The van der Waals surface area contributed by atoms with Crippen LogP contribution in [0.1, 0.15) is 80.9 Å². The van der Waals surface area contributed by atoms with Gasteiger partial charge >= 0.3 is 5.97 Å². The molecule has 4 nitrogen and oxygen atoms in total. The number of benzene rings is 2. The fourth-order valence-corrected chi connectivity index (χ4v) is 5.07. The molecule has 4 heteroatoms. The average Bonchev–Trinajstić information content (AvgIpc) is 3.56. The molecule has 2 aliphatic rings. The van der Waals surface area contributed by atoms with Crippen LogP contribution >= 0.6 is 0 Å². The van der Waals surface area contributed by atoms with Gasteiger partial charge in [-0.2, -0.15) is 0 Å². The number of aryl methyl sites for hydroxylation is 2. The highest BCUT2D eigenvalue weighted by Crippen LogP contribution is 2.45. The summed E-state index contributed by atoms with van der Waals surface area (Å²) in [5.41, 5.74) is 5.62. The van der Waals surface area contributed by atoms with Crippen molar-refractivity contribution < 1.29 is 9.63 Å². The Morgan fingerprint density at radius 1 is 1.19 bits per heavy atom. The van der Waals surface area contributed by atoms with Crippen LogP contribution in [0, 0.1) is 12.8 Å². The molecule has 172 valence electrons. The molecule has 0 radical (unpaired) electrons. The zero-order valence-corrected chi connectivity index (χ0v) is 20.5. The fraction of sp³-hybridized carbons (Fsp3) is 0.536. The Balaban J connectivity index is 1.71. The third-order valence-corrected chi connectivity index (χ3v) is 7.02. The Morgan fingerprint density at radius 3 is 2.56 bits per heavy atom. The molecule has 0 amide bonds. The van der Waals surface area contributed by atoms with Crippen molar-refractivity contribution in [3.8, 4) is 0 Å². The molecule has 2 aromatic rings. The molecule has 0 bridgehead atoms. The van der Waals surface area contributed by atoms with Gasteiger partial charge in [0.1, 0.15) is 6.17 Å². The maximum atomic E-state index is 13.3. The monoisotopic (exact) mass is 434 g/mol. The van der Waals surface area contributed by atoms with E-state index in [9.17, 15) is 4.79 Å². The lowest BCUT2D eigenvalue weighted by atomic mass is 9.75. The van der Waals surface area contributed by atoms with Crippen molar-refractivity contribution in [2.75, 3.05) is 11.4 Å². The van der Waals surface area contributed by atoms with Crippen molar-refractivity contribution in [2.45, 2.75) is 84.8 Å². The summed E-state index contributed by atoms with van der Waals surface area (Å²) in [5, 5.41) is 2.01. The largest absolute Gasteiger partial charge is 0.362 e. The molecule has 4 rings (SSSR count). The fourth-order valence-electron chi connectivity index (χ4n) is 5.07. The summed E-state index contributed by atoms with van der Waals surface area (Å²) >= 11 is 0. The molecule has 1 aliphatic heterocycles. The van der Waals surface area contributed by atoms with Gasteiger partial charge in [0.2, 0.25) is 0 Å². The predicted molar refractivity (Wildman–Crippen MR) is 131 cm³/mol. The summed E-state index contributed by atoms with van der Waals surface area (Å²) in [6.07, 6.45) is 4.17. The van der Waals surface area contributed by atoms with E-state index in [1.54, 1.807) is 0 Å². The van der Waals surface area contributed by atoms with Gasteiger partial charge in [0.05, 0.1) is 5.56 Å². The van der Waals surface area contributed by atoms with Crippen LogP contribution in [-0.2, 0) is 16.7 Å². The Kier molecular flexibility index (Phi) is 6.35. The van der Waals surface area contributed by atoms with Crippen LogP contribution in [0.15, 0.2) is 42.5 Å². The second-order valence-electron chi connectivity index (χ2n) is 10.5. The maximum Gasteiger partial charge on any atom is 0.357 e. The van der Waals surface area contributed by atoms with Gasteiger partial charge in [-0.05, 0) is 86.6 Å². The van der Waals surface area contributed by atoms with Crippen molar-refractivity contribution in [3.63, 3.8) is 0 Å². The van der Waals surface area contributed by atoms with Gasteiger partial charge in [-0.3, -0.25) is 0 Å². The Hall–Kier alpha value is -2.33. The number of nitrogens with zero attached hydrogens (tertiary/aromatic N) is 2. The molecule has 32 heavy (non-hydrogen) atoms. The van der Waals surface area contributed by atoms with E-state index < -0.39 is 0 Å². The van der Waals surface area contributed by atoms with Crippen molar-refractivity contribution in [2.24, 2.45) is 5.92 Å². The van der Waals surface area contributed by atoms with Crippen LogP contribution in [-0.4, -0.2) is 29.8 Å². The first-order valence-electron chi connectivity index (χ1n) is 12.2. The number of anilines is 1. The van der Waals surface area contributed by atoms with Crippen LogP contribution < -0.4 is 4.90 Å². The van der Waals surface area contributed by atoms with E-state index in [0.29, 0.717) is 17.5 Å². The van der Waals surface area contributed by atoms with Crippen molar-refractivity contribution in [1.29, 1.82) is 0 Å². The first kappa shape index (κ1) is 22.8. The summed E-state index contributed by atoms with van der Waals surface area (Å²) in [5.74, 6) is 0.375. The molecule has 1 atom stereocenters. The molecule has 1 unspecified atom stereocenters. The minimum Gasteiger partial charge on any atom is -0.362 e. The van der Waals surface area contributed by atoms with Crippen LogP contribution in [0.25, 0.3) is 0 Å². The molecular formula is C28H38N2O2. The molecule has 2 aromatic carbocycles. The summed E-state index contributed by atoms with van der Waals surface area (Å²) < 4.78 is 0. The summed E-state index contributed by atoms with van der Waals surface area (Å²) in [6, 6.07) is 14.9. The summed E-state index contributed by atoms with van der Waals surface area (Å²) in [7, 11) is 0. The minimum atomic E-state index is -0.236. The van der Waals surface area contributed by atoms with E-state index in [2.05, 4.69) is 64.6 Å². The zero-order chi connectivity index (χ0) is 23.0. The van der Waals surface area contributed by atoms with E-state index in [1.165, 1.54) is 29.7 Å². The van der Waals surface area contributed by atoms with Gasteiger partial charge in [0.15, 0.2) is 0 Å². The van der Waals surface area contributed by atoms with E-state index in [1.807, 2.05) is 29.3 Å². The highest BCUT2D eigenvalue weighted by atomic mass is 16.7. The molecule has 0 saturated heterocycles. The Morgan fingerprint density at radius 2 is 1.91 bits per heavy atom. The second-order valence-corrected chi connectivity index (χ2v) is 10.5. The second kappa shape index (κ2) is 8.90. The smallest absolute Gasteiger partial charge is 0.357 e. The van der Waals surface area contributed by atoms with E-state index in [-0.39, 0.29) is 17.6 Å². The van der Waals surface area contributed by atoms with Gasteiger partial charge in [-0.1, -0.05) is 51.1 Å². The predicted octanol–water partition coefficient (Wildman–Crippen LogP) is 6.26. The SMILES string of the molecule is CCc1ccccc1C(=O)ON(CC1CC1)C1CC(C)(C)c2ccc(C)cc2N1C(C)C. The number of carbonyl (C=O) groups excluding carboxylic acids is 1. The molecule has 1 fully saturated rings. The van der Waals surface area contributed by atoms with Gasteiger partial charge in [-0.25, -0.2) is 4.79 Å². The van der Waals surface area contributed by atoms with E-state index in [4.69, 9.17) is 4.84 Å². The first-order valence-corrected chi connectivity index (χ1v) is 12.2. The average molecular weight is 435 g/mol. The highest BCUT2D eigenvalue weighted by molar-refractivity contribution is 5.90. The number of fused-ring (bicyclic) bond motifs is 1. The lowest BCUT2D eigenvalue weighted by Gasteiger charge is -2.50. The molecule has 0 spiro atoms. The van der Waals surface area contributed by atoms with Crippen LogP contribution in [0.2, 0.25) is 0 Å². The molecule has 0 N–H and O–H groups in total. The zero-order valence-electron chi connectivity index (χ0n) is 20.5. The van der Waals surface area contributed by atoms with Gasteiger partial charge in [0.25, 0.3) is 0 Å². The lowest BCUT2D eigenvalue weighted by molar-refractivity contribution is -0.148. The Labute approximate surface area is 193 Å². The van der Waals surface area contributed by atoms with E-state index >= 15 is 0 Å². The van der Waals surface area contributed by atoms with Gasteiger partial charge in [-0.15, -0.1) is 5.06 Å². The lowest BCUT2D eigenvalue weighted by Crippen LogP contribution is -2.57.